The Labute approximate surface area is 104 Å². The molecule has 0 radical (unpaired) electrons. The van der Waals surface area contributed by atoms with Gasteiger partial charge in [0.05, 0.1) is 11.0 Å². The third-order valence-corrected chi connectivity index (χ3v) is 3.33. The van der Waals surface area contributed by atoms with Crippen LogP contribution in [-0.2, 0) is 0 Å². The summed E-state index contributed by atoms with van der Waals surface area (Å²) in [7, 11) is 0. The van der Waals surface area contributed by atoms with Crippen LogP contribution in [0.25, 0.3) is 27.5 Å². The van der Waals surface area contributed by atoms with Gasteiger partial charge in [-0.3, -0.25) is 9.38 Å². The maximum Gasteiger partial charge on any atom is 0.146 e. The standard InChI is InChI=1S/C15H11N3/c1-10-6-7-12-14(17-10)11-4-2-3-5-13(11)18-9-8-16-15(12)18/h2-9H,1H3. The van der Waals surface area contributed by atoms with Crippen LogP contribution in [0.4, 0.5) is 0 Å². The molecule has 0 spiro atoms. The third-order valence-electron chi connectivity index (χ3n) is 3.33. The molecule has 3 heterocycles. The van der Waals surface area contributed by atoms with Gasteiger partial charge in [0, 0.05) is 28.9 Å². The van der Waals surface area contributed by atoms with E-state index >= 15 is 0 Å². The van der Waals surface area contributed by atoms with Gasteiger partial charge in [-0.05, 0) is 25.1 Å². The van der Waals surface area contributed by atoms with Gasteiger partial charge in [-0.1, -0.05) is 18.2 Å². The van der Waals surface area contributed by atoms with E-state index in [9.17, 15) is 0 Å². The van der Waals surface area contributed by atoms with Crippen LogP contribution in [-0.4, -0.2) is 14.4 Å². The van der Waals surface area contributed by atoms with E-state index in [4.69, 9.17) is 0 Å². The minimum absolute atomic E-state index is 0.969. The lowest BCUT2D eigenvalue weighted by Crippen LogP contribution is -1.92. The van der Waals surface area contributed by atoms with Gasteiger partial charge in [-0.25, -0.2) is 4.98 Å². The Hall–Kier alpha value is -2.42. The highest BCUT2D eigenvalue weighted by atomic mass is 15.0. The maximum atomic E-state index is 4.68. The lowest BCUT2D eigenvalue weighted by molar-refractivity contribution is 1.23. The predicted octanol–water partition coefficient (Wildman–Crippen LogP) is 3.34. The lowest BCUT2D eigenvalue weighted by atomic mass is 10.1. The summed E-state index contributed by atoms with van der Waals surface area (Å²) >= 11 is 0. The largest absolute Gasteiger partial charge is 0.299 e. The van der Waals surface area contributed by atoms with E-state index < -0.39 is 0 Å². The SMILES string of the molecule is Cc1ccc2c(n1)c1ccccc1n1ccnc21. The van der Waals surface area contributed by atoms with Gasteiger partial charge in [-0.2, -0.15) is 0 Å². The molecule has 0 fully saturated rings. The molecule has 4 rings (SSSR count). The minimum Gasteiger partial charge on any atom is -0.299 e. The van der Waals surface area contributed by atoms with Crippen molar-refractivity contribution in [3.8, 4) is 0 Å². The zero-order chi connectivity index (χ0) is 12.1. The number of fused-ring (bicyclic) bond motifs is 6. The van der Waals surface area contributed by atoms with Crippen molar-refractivity contribution in [2.45, 2.75) is 6.92 Å². The zero-order valence-electron chi connectivity index (χ0n) is 9.96. The fraction of sp³-hybridized carbons (Fsp3) is 0.0667. The number of imidazole rings is 1. The first kappa shape index (κ1) is 9.59. The molecule has 1 aromatic carbocycles. The number of para-hydroxylation sites is 1. The number of hydrogen-bond donors (Lipinski definition) is 0. The van der Waals surface area contributed by atoms with Crippen LogP contribution in [0.3, 0.4) is 0 Å². The summed E-state index contributed by atoms with van der Waals surface area (Å²) in [5.74, 6) is 0. The lowest BCUT2D eigenvalue weighted by Gasteiger charge is -2.07. The summed E-state index contributed by atoms with van der Waals surface area (Å²) in [6.07, 6.45) is 3.83. The molecule has 0 aliphatic carbocycles. The van der Waals surface area contributed by atoms with Crippen LogP contribution >= 0.6 is 0 Å². The number of rotatable bonds is 0. The third kappa shape index (κ3) is 1.13. The van der Waals surface area contributed by atoms with Gasteiger partial charge in [0.25, 0.3) is 0 Å². The number of aryl methyl sites for hydroxylation is 1. The molecule has 3 heteroatoms. The molecule has 0 unspecified atom stereocenters. The average molecular weight is 233 g/mol. The minimum atomic E-state index is 0.969. The number of aromatic nitrogens is 3. The molecule has 0 aliphatic heterocycles. The van der Waals surface area contributed by atoms with Crippen LogP contribution in [0.2, 0.25) is 0 Å². The first-order valence-electron chi connectivity index (χ1n) is 5.96. The number of hydrogen-bond acceptors (Lipinski definition) is 2. The van der Waals surface area contributed by atoms with Gasteiger partial charge in [0.15, 0.2) is 0 Å². The summed E-state index contributed by atoms with van der Waals surface area (Å²) in [5.41, 5.74) is 4.18. The molecule has 3 aromatic heterocycles. The van der Waals surface area contributed by atoms with Crippen molar-refractivity contribution >= 4 is 27.5 Å². The van der Waals surface area contributed by atoms with E-state index in [-0.39, 0.29) is 0 Å². The Bertz CT molecular complexity index is 890. The summed E-state index contributed by atoms with van der Waals surface area (Å²) in [4.78, 5) is 9.13. The summed E-state index contributed by atoms with van der Waals surface area (Å²) in [6, 6.07) is 12.5. The second-order valence-corrected chi connectivity index (χ2v) is 4.49. The van der Waals surface area contributed by atoms with Crippen molar-refractivity contribution in [1.29, 1.82) is 0 Å². The number of pyridine rings is 2. The van der Waals surface area contributed by atoms with E-state index in [0.29, 0.717) is 0 Å². The number of nitrogens with zero attached hydrogens (tertiary/aromatic N) is 3. The van der Waals surface area contributed by atoms with Gasteiger partial charge < -0.3 is 0 Å². The molecule has 0 N–H and O–H groups in total. The Morgan fingerprint density at radius 2 is 1.89 bits per heavy atom. The van der Waals surface area contributed by atoms with Gasteiger partial charge in [0.2, 0.25) is 0 Å². The highest BCUT2D eigenvalue weighted by Gasteiger charge is 2.09. The van der Waals surface area contributed by atoms with E-state index in [1.807, 2.05) is 31.5 Å². The van der Waals surface area contributed by atoms with E-state index in [1.165, 1.54) is 5.39 Å². The molecule has 3 nitrogen and oxygen atoms in total. The Morgan fingerprint density at radius 1 is 1.00 bits per heavy atom. The maximum absolute atomic E-state index is 4.68. The monoisotopic (exact) mass is 233 g/mol. The Balaban J connectivity index is 2.44. The van der Waals surface area contributed by atoms with Gasteiger partial charge in [0.1, 0.15) is 5.65 Å². The first-order chi connectivity index (χ1) is 8.84. The second-order valence-electron chi connectivity index (χ2n) is 4.49. The highest BCUT2D eigenvalue weighted by molar-refractivity contribution is 6.09. The summed E-state index contributed by atoms with van der Waals surface area (Å²) in [6.45, 7) is 2.02. The molecule has 4 aromatic rings. The van der Waals surface area contributed by atoms with Crippen LogP contribution < -0.4 is 0 Å². The molecule has 18 heavy (non-hydrogen) atoms. The van der Waals surface area contributed by atoms with E-state index in [0.717, 1.165) is 27.8 Å². The Morgan fingerprint density at radius 3 is 2.83 bits per heavy atom. The summed E-state index contributed by atoms with van der Waals surface area (Å²) in [5, 5.41) is 2.27. The smallest absolute Gasteiger partial charge is 0.146 e. The molecule has 0 bridgehead atoms. The van der Waals surface area contributed by atoms with Crippen molar-refractivity contribution in [2.24, 2.45) is 0 Å². The zero-order valence-corrected chi connectivity index (χ0v) is 9.96. The quantitative estimate of drug-likeness (QED) is 0.436. The van der Waals surface area contributed by atoms with E-state index in [2.05, 4.69) is 38.6 Å². The molecule has 86 valence electrons. The fourth-order valence-electron chi connectivity index (χ4n) is 2.52. The summed E-state index contributed by atoms with van der Waals surface area (Å²) < 4.78 is 2.12. The van der Waals surface area contributed by atoms with Gasteiger partial charge >= 0.3 is 0 Å². The molecule has 0 atom stereocenters. The topological polar surface area (TPSA) is 30.2 Å². The Kier molecular flexibility index (Phi) is 1.75. The predicted molar refractivity (Wildman–Crippen MR) is 72.7 cm³/mol. The molecule has 0 saturated carbocycles. The second kappa shape index (κ2) is 3.29. The molecule has 0 aliphatic rings. The number of benzene rings is 1. The fourth-order valence-corrected chi connectivity index (χ4v) is 2.52. The van der Waals surface area contributed by atoms with Crippen LogP contribution in [0.1, 0.15) is 5.69 Å². The molecule has 0 amide bonds. The molecule has 0 saturated heterocycles. The highest BCUT2D eigenvalue weighted by Crippen LogP contribution is 2.27. The van der Waals surface area contributed by atoms with Crippen LogP contribution in [0.5, 0.6) is 0 Å². The van der Waals surface area contributed by atoms with E-state index in [1.54, 1.807) is 0 Å². The average Bonchev–Trinajstić information content (AvgIpc) is 2.88. The van der Waals surface area contributed by atoms with Crippen molar-refractivity contribution < 1.29 is 0 Å². The van der Waals surface area contributed by atoms with Crippen molar-refractivity contribution in [1.82, 2.24) is 14.4 Å². The van der Waals surface area contributed by atoms with Crippen molar-refractivity contribution in [2.75, 3.05) is 0 Å². The normalized spacial score (nSPS) is 11.6. The van der Waals surface area contributed by atoms with Crippen molar-refractivity contribution in [3.05, 3.63) is 54.5 Å². The van der Waals surface area contributed by atoms with Crippen LogP contribution in [0, 0.1) is 6.92 Å². The molecular formula is C15H11N3. The van der Waals surface area contributed by atoms with Crippen LogP contribution in [0.15, 0.2) is 48.8 Å². The first-order valence-corrected chi connectivity index (χ1v) is 5.96. The van der Waals surface area contributed by atoms with Crippen molar-refractivity contribution in [3.63, 3.8) is 0 Å². The molecular weight excluding hydrogens is 222 g/mol. The van der Waals surface area contributed by atoms with Gasteiger partial charge in [-0.15, -0.1) is 0 Å².